The molecule has 6 rings (SSSR count). The van der Waals surface area contributed by atoms with Crippen LogP contribution in [0, 0.1) is 36.5 Å². The van der Waals surface area contributed by atoms with E-state index in [1.54, 1.807) is 34.6 Å². The summed E-state index contributed by atoms with van der Waals surface area (Å²) in [5.74, 6) is -5.95. The van der Waals surface area contributed by atoms with Crippen LogP contribution in [0.1, 0.15) is 83.9 Å². The number of amides is 3. The van der Waals surface area contributed by atoms with Crippen LogP contribution < -0.4 is 11.1 Å². The Morgan fingerprint density at radius 3 is 2.30 bits per heavy atom. The Kier molecular flexibility index (Phi) is 14.7. The highest BCUT2D eigenvalue weighted by Gasteiger charge is 2.59. The van der Waals surface area contributed by atoms with Crippen molar-refractivity contribution in [3.05, 3.63) is 57.1 Å². The number of nitrogens with one attached hydrogen (secondary N) is 2. The number of nitrogens with two attached hydrogens (primary N) is 1. The SMILES string of the molecule is C=C1CC[C@@H](OC2CC(O)([C@H](C)NC(=O)c3[nH]c(C)c(Cl)c3Cl)C(O)C(C)O2)[C@@H]2C=C[C@H](C)[C@H](/C(O)=C3\C(=O)[C@H](C(C)C)N([C@@H]4O[C@@H](C)[C@@H](OC(N)=O)[C@@H](OC(C)=O)[C@H]4OC)C3=O)[C@@H]12. The topological polar surface area (TPSA) is 258 Å². The third-order valence-corrected chi connectivity index (χ3v) is 14.4. The summed E-state index contributed by atoms with van der Waals surface area (Å²) in [6, 6.07) is -2.17. The molecular weight excluding hydrogens is 879 g/mol. The molecule has 16 atom stereocenters. The number of aryl methyl sites for hydroxylation is 1. The second kappa shape index (κ2) is 19.1. The molecule has 20 heteroatoms. The van der Waals surface area contributed by atoms with E-state index in [2.05, 4.69) is 16.9 Å². The maximum absolute atomic E-state index is 14.8. The third-order valence-electron chi connectivity index (χ3n) is 13.5. The molecule has 1 aromatic heterocycles. The van der Waals surface area contributed by atoms with Gasteiger partial charge >= 0.3 is 12.1 Å². The zero-order valence-corrected chi connectivity index (χ0v) is 38.8. The molecule has 354 valence electrons. The van der Waals surface area contributed by atoms with Gasteiger partial charge in [-0.25, -0.2) is 4.79 Å². The molecule has 5 aliphatic rings. The number of likely N-dealkylation sites (tertiary alicyclic amines) is 1. The van der Waals surface area contributed by atoms with Crippen LogP contribution in [0.3, 0.4) is 0 Å². The number of Topliss-reactive ketones (excluding diaryl/α,β-unsaturated/α-hetero) is 1. The highest BCUT2D eigenvalue weighted by molar-refractivity contribution is 6.44. The number of esters is 1. The molecule has 3 saturated heterocycles. The molecule has 4 fully saturated rings. The summed E-state index contributed by atoms with van der Waals surface area (Å²) in [5, 5.41) is 38.6. The van der Waals surface area contributed by atoms with E-state index in [1.165, 1.54) is 18.9 Å². The average molecular weight is 940 g/mol. The Bertz CT molecular complexity index is 2090. The standard InChI is InChI=1S/C44H60Cl2N4O14/c1-16(2)33-35(53)29(41(56)50(33)42-38(59-10)37(62-23(9)51)36(20(6)61-42)64-43(47)57)34(52)28-18(4)11-13-24-25(14-12-17(3)27(24)28)63-26-15-44(58,39(54)21(7)60-26)22(8)49-40(55)32-31(46)30(45)19(5)48-32/h11,13,16,18,20-22,24-28,33,36-39,42,48,52,54,58H,3,12,14-15H2,1-2,4-10H3,(H2,47,57)(H,49,55)/b34-29-/t18-,20-,21?,22-,24-,25+,26?,27-,28-,33-,36+,37+,38+,39?,42+,44?/m0/s1. The number of rotatable bonds is 11. The average Bonchev–Trinajstić information content (AvgIpc) is 3.63. The zero-order valence-electron chi connectivity index (χ0n) is 37.3. The molecule has 0 aromatic carbocycles. The molecule has 2 aliphatic carbocycles. The van der Waals surface area contributed by atoms with Gasteiger partial charge in [0.05, 0.1) is 34.4 Å². The Morgan fingerprint density at radius 1 is 1.05 bits per heavy atom. The summed E-state index contributed by atoms with van der Waals surface area (Å²) >= 11 is 12.5. The lowest BCUT2D eigenvalue weighted by Crippen LogP contribution is -2.66. The number of primary amides is 1. The molecule has 1 saturated carbocycles. The first-order chi connectivity index (χ1) is 29.9. The largest absolute Gasteiger partial charge is 0.511 e. The summed E-state index contributed by atoms with van der Waals surface area (Å²) in [7, 11) is 1.29. The summed E-state index contributed by atoms with van der Waals surface area (Å²) in [6.45, 7) is 17.2. The quantitative estimate of drug-likeness (QED) is 0.0599. The summed E-state index contributed by atoms with van der Waals surface area (Å²) in [4.78, 5) is 70.8. The minimum Gasteiger partial charge on any atom is -0.511 e. The first-order valence-corrected chi connectivity index (χ1v) is 22.2. The highest BCUT2D eigenvalue weighted by atomic mass is 35.5. The van der Waals surface area contributed by atoms with Gasteiger partial charge in [0.15, 0.2) is 30.5 Å². The van der Waals surface area contributed by atoms with Gasteiger partial charge in [-0.2, -0.15) is 0 Å². The smallest absolute Gasteiger partial charge is 0.405 e. The number of aromatic nitrogens is 1. The van der Waals surface area contributed by atoms with Crippen molar-refractivity contribution in [3.8, 4) is 0 Å². The van der Waals surface area contributed by atoms with Crippen LogP contribution in [0.15, 0.2) is 35.6 Å². The molecular formula is C44H60Cl2N4O14. The lowest BCUT2D eigenvalue weighted by molar-refractivity contribution is -0.296. The first kappa shape index (κ1) is 49.4. The van der Waals surface area contributed by atoms with Gasteiger partial charge in [0, 0.05) is 38.0 Å². The number of hydrogen-bond acceptors (Lipinski definition) is 14. The van der Waals surface area contributed by atoms with Crippen molar-refractivity contribution in [1.82, 2.24) is 15.2 Å². The molecule has 0 bridgehead atoms. The van der Waals surface area contributed by atoms with Crippen LogP contribution in [0.4, 0.5) is 4.79 Å². The lowest BCUT2D eigenvalue weighted by Gasteiger charge is -2.50. The predicted octanol–water partition coefficient (Wildman–Crippen LogP) is 4.17. The zero-order chi connectivity index (χ0) is 47.4. The number of aromatic amines is 1. The first-order valence-electron chi connectivity index (χ1n) is 21.5. The van der Waals surface area contributed by atoms with Gasteiger partial charge < -0.3 is 59.8 Å². The number of aliphatic hydroxyl groups excluding tert-OH is 2. The summed E-state index contributed by atoms with van der Waals surface area (Å²) in [6.07, 6.45) is -6.73. The van der Waals surface area contributed by atoms with E-state index < -0.39 is 144 Å². The van der Waals surface area contributed by atoms with Gasteiger partial charge in [-0.15, -0.1) is 0 Å². The molecule has 1 aromatic rings. The Labute approximate surface area is 381 Å². The van der Waals surface area contributed by atoms with Gasteiger partial charge in [-0.3, -0.25) is 24.1 Å². The summed E-state index contributed by atoms with van der Waals surface area (Å²) < 4.78 is 35.6. The van der Waals surface area contributed by atoms with Crippen LogP contribution >= 0.6 is 23.2 Å². The molecule has 7 N–H and O–H groups in total. The van der Waals surface area contributed by atoms with Gasteiger partial charge in [0.25, 0.3) is 11.8 Å². The maximum Gasteiger partial charge on any atom is 0.405 e. The predicted molar refractivity (Wildman–Crippen MR) is 230 cm³/mol. The fourth-order valence-electron chi connectivity index (χ4n) is 10.3. The number of fused-ring (bicyclic) bond motifs is 1. The van der Waals surface area contributed by atoms with E-state index in [-0.39, 0.29) is 22.2 Å². The number of H-pyrrole nitrogens is 1. The normalized spacial score (nSPS) is 37.9. The number of halogens is 2. The molecule has 64 heavy (non-hydrogen) atoms. The third kappa shape index (κ3) is 8.96. The second-order valence-corrected chi connectivity index (χ2v) is 18.8. The molecule has 18 nitrogen and oxygen atoms in total. The minimum atomic E-state index is -1.92. The van der Waals surface area contributed by atoms with Crippen LogP contribution in [0.25, 0.3) is 0 Å². The highest BCUT2D eigenvalue weighted by Crippen LogP contribution is 2.51. The molecule has 4 unspecified atom stereocenters. The van der Waals surface area contributed by atoms with E-state index >= 15 is 0 Å². The number of nitrogens with zero attached hydrogens (tertiary/aromatic N) is 1. The van der Waals surface area contributed by atoms with Crippen LogP contribution in [-0.4, -0.2) is 135 Å². The Balaban J connectivity index is 1.27. The number of ether oxygens (including phenoxy) is 6. The number of carbonyl (C=O) groups is 5. The van der Waals surface area contributed by atoms with Crippen molar-refractivity contribution >= 4 is 52.9 Å². The van der Waals surface area contributed by atoms with Crippen molar-refractivity contribution in [2.24, 2.45) is 35.3 Å². The van der Waals surface area contributed by atoms with Crippen molar-refractivity contribution in [2.45, 2.75) is 148 Å². The Morgan fingerprint density at radius 2 is 1.72 bits per heavy atom. The second-order valence-electron chi connectivity index (χ2n) is 18.0. The summed E-state index contributed by atoms with van der Waals surface area (Å²) in [5.41, 5.74) is 4.24. The number of ketones is 1. The molecule has 3 amide bonds. The van der Waals surface area contributed by atoms with Gasteiger partial charge in [0.1, 0.15) is 40.9 Å². The van der Waals surface area contributed by atoms with Crippen molar-refractivity contribution in [2.75, 3.05) is 7.11 Å². The maximum atomic E-state index is 14.8. The van der Waals surface area contributed by atoms with Crippen LogP contribution in [-0.2, 0) is 42.8 Å². The number of methoxy groups -OCH3 is 1. The molecule has 3 aliphatic heterocycles. The number of allylic oxidation sites excluding steroid dienone is 3. The monoisotopic (exact) mass is 938 g/mol. The van der Waals surface area contributed by atoms with E-state index in [9.17, 15) is 39.3 Å². The minimum absolute atomic E-state index is 0.00400. The number of carbonyl (C=O) groups excluding carboxylic acids is 5. The Hall–Kier alpha value is -4.01. The van der Waals surface area contributed by atoms with E-state index in [0.29, 0.717) is 18.5 Å². The van der Waals surface area contributed by atoms with Gasteiger partial charge in [-0.05, 0) is 58.3 Å². The van der Waals surface area contributed by atoms with Crippen molar-refractivity contribution < 1.29 is 67.7 Å². The van der Waals surface area contributed by atoms with E-state index in [4.69, 9.17) is 57.4 Å². The number of hydrogen-bond donors (Lipinski definition) is 6. The van der Waals surface area contributed by atoms with Gasteiger partial charge in [0.2, 0.25) is 0 Å². The fourth-order valence-corrected chi connectivity index (χ4v) is 10.7. The molecule has 4 heterocycles. The van der Waals surface area contributed by atoms with E-state index in [0.717, 1.165) is 12.5 Å². The van der Waals surface area contributed by atoms with Gasteiger partial charge in [-0.1, -0.05) is 68.3 Å². The van der Waals surface area contributed by atoms with Crippen molar-refractivity contribution in [1.29, 1.82) is 0 Å². The van der Waals surface area contributed by atoms with Crippen molar-refractivity contribution in [3.63, 3.8) is 0 Å². The van der Waals surface area contributed by atoms with E-state index in [1.807, 2.05) is 19.1 Å². The molecule has 0 spiro atoms. The molecule has 0 radical (unpaired) electrons. The fraction of sp³-hybridized carbons (Fsp3) is 0.659. The van der Waals surface area contributed by atoms with Crippen LogP contribution in [0.2, 0.25) is 10.0 Å². The number of aliphatic hydroxyl groups is 3. The lowest BCUT2D eigenvalue weighted by atomic mass is 9.61. The van der Waals surface area contributed by atoms with Crippen LogP contribution in [0.5, 0.6) is 0 Å².